The highest BCUT2D eigenvalue weighted by molar-refractivity contribution is 5.82. The summed E-state index contributed by atoms with van der Waals surface area (Å²) in [7, 11) is 1.75. The number of carbonyl (C=O) groups excluding carboxylic acids is 1. The minimum atomic E-state index is -0.385. The lowest BCUT2D eigenvalue weighted by atomic mass is 9.82. The van der Waals surface area contributed by atoms with Gasteiger partial charge in [0.25, 0.3) is 0 Å². The van der Waals surface area contributed by atoms with Crippen LogP contribution in [-0.2, 0) is 25.6 Å². The maximum Gasteiger partial charge on any atom is 0.225 e. The molecule has 2 N–H and O–H groups in total. The SMILES string of the molecule is COCCCN1CCOc2ccc(CO[C@@H]3CC[C@@H](CC(C)(C)C(=O)N[C@H]4[C@@H]5COC[C@@H]54)NC3)cc21. The van der Waals surface area contributed by atoms with Gasteiger partial charge in [-0.15, -0.1) is 0 Å². The van der Waals surface area contributed by atoms with Gasteiger partial charge in [0.1, 0.15) is 12.4 Å². The molecule has 4 aliphatic rings. The second-order valence-corrected chi connectivity index (χ2v) is 11.6. The second-order valence-electron chi connectivity index (χ2n) is 11.6. The van der Waals surface area contributed by atoms with Crippen LogP contribution in [0.3, 0.4) is 0 Å². The summed E-state index contributed by atoms with van der Waals surface area (Å²) in [6, 6.07) is 7.06. The monoisotopic (exact) mass is 501 g/mol. The molecule has 5 atom stereocenters. The molecule has 1 amide bonds. The van der Waals surface area contributed by atoms with Gasteiger partial charge in [-0.3, -0.25) is 4.79 Å². The predicted molar refractivity (Wildman–Crippen MR) is 138 cm³/mol. The van der Waals surface area contributed by atoms with Crippen molar-refractivity contribution in [2.75, 3.05) is 58.1 Å². The highest BCUT2D eigenvalue weighted by Gasteiger charge is 2.55. The van der Waals surface area contributed by atoms with Crippen LogP contribution in [0.5, 0.6) is 5.75 Å². The third-order valence-corrected chi connectivity index (χ3v) is 8.34. The van der Waals surface area contributed by atoms with Gasteiger partial charge in [-0.1, -0.05) is 19.9 Å². The molecule has 3 fully saturated rings. The Balaban J connectivity index is 1.05. The summed E-state index contributed by atoms with van der Waals surface area (Å²) in [6.45, 7) is 10.5. The quantitative estimate of drug-likeness (QED) is 0.451. The van der Waals surface area contributed by atoms with E-state index >= 15 is 0 Å². The van der Waals surface area contributed by atoms with Gasteiger partial charge in [0.2, 0.25) is 5.91 Å². The standard InChI is InChI=1S/C28H43N3O5/c1-28(2,27(32)30-26-22-17-34-18-23(22)26)14-20-6-7-21(15-29-20)36-16-19-5-8-25-24(13-19)31(10-12-35-25)9-4-11-33-3/h5,8,13,20-23,26,29H,4,6-7,9-12,14-18H2,1-3H3,(H,30,32)/t20-,21+,22-,23+,26+/m0/s1. The number of rotatable bonds is 11. The fourth-order valence-electron chi connectivity index (χ4n) is 5.97. The topological polar surface area (TPSA) is 81.3 Å². The highest BCUT2D eigenvalue weighted by Crippen LogP contribution is 2.44. The van der Waals surface area contributed by atoms with Crippen LogP contribution < -0.4 is 20.3 Å². The molecule has 1 aromatic rings. The summed E-state index contributed by atoms with van der Waals surface area (Å²) in [5.74, 6) is 2.21. The second kappa shape index (κ2) is 11.3. The summed E-state index contributed by atoms with van der Waals surface area (Å²) in [5, 5.41) is 6.93. The minimum absolute atomic E-state index is 0.176. The normalized spacial score (nSPS) is 29.3. The zero-order valence-corrected chi connectivity index (χ0v) is 22.1. The van der Waals surface area contributed by atoms with Gasteiger partial charge in [0.15, 0.2) is 0 Å². The van der Waals surface area contributed by atoms with Crippen LogP contribution in [0.15, 0.2) is 18.2 Å². The van der Waals surface area contributed by atoms with Crippen molar-refractivity contribution in [3.05, 3.63) is 23.8 Å². The van der Waals surface area contributed by atoms with Gasteiger partial charge in [-0.25, -0.2) is 0 Å². The van der Waals surface area contributed by atoms with Gasteiger partial charge in [-0.05, 0) is 43.4 Å². The van der Waals surface area contributed by atoms with Crippen LogP contribution in [0.25, 0.3) is 0 Å². The third kappa shape index (κ3) is 5.98. The third-order valence-electron chi connectivity index (χ3n) is 8.34. The smallest absolute Gasteiger partial charge is 0.225 e. The average molecular weight is 502 g/mol. The molecule has 0 spiro atoms. The number of nitrogens with zero attached hydrogens (tertiary/aromatic N) is 1. The van der Waals surface area contributed by atoms with Crippen molar-refractivity contribution < 1.29 is 23.7 Å². The lowest BCUT2D eigenvalue weighted by Crippen LogP contribution is -2.48. The van der Waals surface area contributed by atoms with Gasteiger partial charge in [0, 0.05) is 56.1 Å². The largest absolute Gasteiger partial charge is 0.490 e. The highest BCUT2D eigenvalue weighted by atomic mass is 16.5. The molecule has 0 aromatic heterocycles. The molecule has 1 aliphatic carbocycles. The maximum absolute atomic E-state index is 12.9. The van der Waals surface area contributed by atoms with Crippen molar-refractivity contribution in [2.24, 2.45) is 17.3 Å². The Hall–Kier alpha value is -1.87. The van der Waals surface area contributed by atoms with E-state index in [0.717, 1.165) is 83.2 Å². The molecule has 3 aliphatic heterocycles. The predicted octanol–water partition coefficient (Wildman–Crippen LogP) is 2.74. The molecular weight excluding hydrogens is 458 g/mol. The number of anilines is 1. The van der Waals surface area contributed by atoms with Crippen molar-refractivity contribution in [1.29, 1.82) is 0 Å². The van der Waals surface area contributed by atoms with Crippen molar-refractivity contribution in [3.63, 3.8) is 0 Å². The summed E-state index contributed by atoms with van der Waals surface area (Å²) < 4.78 is 22.8. The minimum Gasteiger partial charge on any atom is -0.490 e. The Morgan fingerprint density at radius 1 is 1.25 bits per heavy atom. The van der Waals surface area contributed by atoms with Gasteiger partial charge in [-0.2, -0.15) is 0 Å². The van der Waals surface area contributed by atoms with E-state index in [1.807, 2.05) is 0 Å². The zero-order chi connectivity index (χ0) is 25.1. The Morgan fingerprint density at radius 2 is 2.08 bits per heavy atom. The number of hydrogen-bond donors (Lipinski definition) is 2. The Kier molecular flexibility index (Phi) is 8.05. The molecule has 1 saturated carbocycles. The average Bonchev–Trinajstić information content (AvgIpc) is 3.28. The van der Waals surface area contributed by atoms with E-state index in [1.165, 1.54) is 5.56 Å². The van der Waals surface area contributed by atoms with E-state index in [9.17, 15) is 4.79 Å². The number of carbonyl (C=O) groups is 1. The lowest BCUT2D eigenvalue weighted by molar-refractivity contribution is -0.130. The van der Waals surface area contributed by atoms with E-state index in [2.05, 4.69) is 47.6 Å². The number of piperidine rings is 1. The number of hydrogen-bond acceptors (Lipinski definition) is 7. The lowest BCUT2D eigenvalue weighted by Gasteiger charge is -2.35. The van der Waals surface area contributed by atoms with E-state index in [4.69, 9.17) is 18.9 Å². The van der Waals surface area contributed by atoms with Crippen molar-refractivity contribution >= 4 is 11.6 Å². The molecule has 5 rings (SSSR count). The number of nitrogens with one attached hydrogen (secondary N) is 2. The first-order valence-electron chi connectivity index (χ1n) is 13.7. The Morgan fingerprint density at radius 3 is 2.83 bits per heavy atom. The molecular formula is C28H43N3O5. The molecule has 0 bridgehead atoms. The van der Waals surface area contributed by atoms with Crippen LogP contribution >= 0.6 is 0 Å². The van der Waals surface area contributed by atoms with Crippen LogP contribution in [0.2, 0.25) is 0 Å². The molecule has 2 saturated heterocycles. The van der Waals surface area contributed by atoms with E-state index in [-0.39, 0.29) is 17.4 Å². The van der Waals surface area contributed by atoms with E-state index < -0.39 is 0 Å². The van der Waals surface area contributed by atoms with Crippen LogP contribution in [-0.4, -0.2) is 77.3 Å². The first-order valence-corrected chi connectivity index (χ1v) is 13.7. The first kappa shape index (κ1) is 25.8. The molecule has 8 nitrogen and oxygen atoms in total. The van der Waals surface area contributed by atoms with Crippen molar-refractivity contribution in [2.45, 2.75) is 64.3 Å². The zero-order valence-electron chi connectivity index (χ0n) is 22.1. The molecule has 0 radical (unpaired) electrons. The Labute approximate surface area is 215 Å². The molecule has 0 unspecified atom stereocenters. The van der Waals surface area contributed by atoms with Crippen LogP contribution in [0.1, 0.15) is 45.1 Å². The van der Waals surface area contributed by atoms with E-state index in [1.54, 1.807) is 7.11 Å². The first-order chi connectivity index (χ1) is 17.4. The molecule has 200 valence electrons. The molecule has 1 aromatic carbocycles. The number of methoxy groups -OCH3 is 1. The van der Waals surface area contributed by atoms with Gasteiger partial charge < -0.3 is 34.5 Å². The van der Waals surface area contributed by atoms with E-state index in [0.29, 0.717) is 30.5 Å². The van der Waals surface area contributed by atoms with Crippen molar-refractivity contribution in [1.82, 2.24) is 10.6 Å². The van der Waals surface area contributed by atoms with Gasteiger partial charge >= 0.3 is 0 Å². The number of ether oxygens (including phenoxy) is 4. The molecule has 36 heavy (non-hydrogen) atoms. The Bertz CT molecular complexity index is 891. The fourth-order valence-corrected chi connectivity index (χ4v) is 5.97. The summed E-state index contributed by atoms with van der Waals surface area (Å²) in [4.78, 5) is 15.3. The molecule has 3 heterocycles. The summed E-state index contributed by atoms with van der Waals surface area (Å²) in [6.07, 6.45) is 4.06. The van der Waals surface area contributed by atoms with Crippen molar-refractivity contribution in [3.8, 4) is 5.75 Å². The molecule has 8 heteroatoms. The number of amides is 1. The maximum atomic E-state index is 12.9. The summed E-state index contributed by atoms with van der Waals surface area (Å²) in [5.41, 5.74) is 1.94. The number of fused-ring (bicyclic) bond motifs is 2. The van der Waals surface area contributed by atoms with Crippen LogP contribution in [0.4, 0.5) is 5.69 Å². The van der Waals surface area contributed by atoms with Crippen LogP contribution in [0, 0.1) is 17.3 Å². The fraction of sp³-hybridized carbons (Fsp3) is 0.750. The summed E-state index contributed by atoms with van der Waals surface area (Å²) >= 11 is 0. The van der Waals surface area contributed by atoms with Gasteiger partial charge in [0.05, 0.1) is 38.2 Å². The number of benzene rings is 1.